The van der Waals surface area contributed by atoms with E-state index in [0.717, 1.165) is 36.0 Å². The summed E-state index contributed by atoms with van der Waals surface area (Å²) in [6.45, 7) is 1.86. The van der Waals surface area contributed by atoms with Gasteiger partial charge in [0.15, 0.2) is 5.17 Å². The van der Waals surface area contributed by atoms with E-state index in [-0.39, 0.29) is 21.2 Å². The topological polar surface area (TPSA) is 66.8 Å². The predicted molar refractivity (Wildman–Crippen MR) is 96.6 cm³/mol. The number of nitrogens with zero attached hydrogens (tertiary/aromatic N) is 2. The Balaban J connectivity index is 2.04. The second-order valence-corrected chi connectivity index (χ2v) is 8.10. The number of benzene rings is 2. The van der Waals surface area contributed by atoms with Crippen LogP contribution in [0.1, 0.15) is 13.3 Å². The van der Waals surface area contributed by atoms with Gasteiger partial charge in [-0.1, -0.05) is 36.9 Å². The summed E-state index contributed by atoms with van der Waals surface area (Å²) in [4.78, 5) is 13.8. The Labute approximate surface area is 149 Å². The van der Waals surface area contributed by atoms with E-state index in [1.807, 2.05) is 6.92 Å². The molecule has 0 unspecified atom stereocenters. The summed E-state index contributed by atoms with van der Waals surface area (Å²) in [7, 11) is -4.05. The Morgan fingerprint density at radius 3 is 2.36 bits per heavy atom. The molecule has 1 fully saturated rings. The lowest BCUT2D eigenvalue weighted by Gasteiger charge is -2.16. The summed E-state index contributed by atoms with van der Waals surface area (Å²) < 4.78 is 41.9. The maximum Gasteiger partial charge on any atom is 0.284 e. The van der Waals surface area contributed by atoms with Gasteiger partial charge >= 0.3 is 0 Å². The SMILES string of the molecule is CC[C@@H]1SC(=NS(=O)(=O)c2ccc(F)cc2)N(c2ccccc2)C1=O. The van der Waals surface area contributed by atoms with Crippen molar-refractivity contribution in [3.8, 4) is 0 Å². The summed E-state index contributed by atoms with van der Waals surface area (Å²) in [6, 6.07) is 13.2. The first-order chi connectivity index (χ1) is 11.9. The molecular weight excluding hydrogens is 363 g/mol. The Morgan fingerprint density at radius 2 is 1.76 bits per heavy atom. The maximum absolute atomic E-state index is 13.0. The van der Waals surface area contributed by atoms with E-state index in [0.29, 0.717) is 12.1 Å². The third-order valence-electron chi connectivity index (χ3n) is 3.63. The van der Waals surface area contributed by atoms with Crippen LogP contribution in [0.15, 0.2) is 63.9 Å². The standard InChI is InChI=1S/C17H15FN2O3S2/c1-2-15-16(21)20(13-6-4-3-5-7-13)17(24-15)19-25(22,23)14-10-8-12(18)9-11-14/h3-11,15H,2H2,1H3/t15-/m0/s1. The van der Waals surface area contributed by atoms with E-state index in [2.05, 4.69) is 4.40 Å². The predicted octanol–water partition coefficient (Wildman–Crippen LogP) is 3.43. The highest BCUT2D eigenvalue weighted by molar-refractivity contribution is 8.16. The molecule has 1 saturated heterocycles. The highest BCUT2D eigenvalue weighted by atomic mass is 32.2. The highest BCUT2D eigenvalue weighted by Gasteiger charge is 2.39. The van der Waals surface area contributed by atoms with Crippen molar-refractivity contribution in [3.63, 3.8) is 0 Å². The first kappa shape index (κ1) is 17.6. The van der Waals surface area contributed by atoms with Gasteiger partial charge in [-0.3, -0.25) is 9.69 Å². The van der Waals surface area contributed by atoms with E-state index < -0.39 is 15.8 Å². The first-order valence-corrected chi connectivity index (χ1v) is 9.90. The number of amidine groups is 1. The van der Waals surface area contributed by atoms with E-state index in [4.69, 9.17) is 0 Å². The molecule has 1 amide bonds. The van der Waals surface area contributed by atoms with Gasteiger partial charge in [0.25, 0.3) is 10.0 Å². The number of thioether (sulfide) groups is 1. The molecule has 0 radical (unpaired) electrons. The minimum atomic E-state index is -4.05. The van der Waals surface area contributed by atoms with E-state index in [1.165, 1.54) is 4.90 Å². The van der Waals surface area contributed by atoms with Crippen LogP contribution >= 0.6 is 11.8 Å². The molecule has 130 valence electrons. The summed E-state index contributed by atoms with van der Waals surface area (Å²) in [5.74, 6) is -0.735. The number of carbonyl (C=O) groups excluding carboxylic acids is 1. The van der Waals surface area contributed by atoms with Gasteiger partial charge in [-0.15, -0.1) is 4.40 Å². The molecule has 0 saturated carbocycles. The molecule has 3 rings (SSSR count). The zero-order valence-corrected chi connectivity index (χ0v) is 14.9. The third kappa shape index (κ3) is 3.59. The number of anilines is 1. The summed E-state index contributed by atoms with van der Waals surface area (Å²) >= 11 is 1.12. The molecule has 0 bridgehead atoms. The van der Waals surface area contributed by atoms with Crippen LogP contribution in [0.4, 0.5) is 10.1 Å². The van der Waals surface area contributed by atoms with Gasteiger partial charge in [-0.05, 0) is 42.8 Å². The first-order valence-electron chi connectivity index (χ1n) is 7.58. The van der Waals surface area contributed by atoms with Crippen molar-refractivity contribution >= 4 is 38.5 Å². The highest BCUT2D eigenvalue weighted by Crippen LogP contribution is 2.34. The molecule has 2 aromatic rings. The largest absolute Gasteiger partial charge is 0.284 e. The average molecular weight is 378 g/mol. The van der Waals surface area contributed by atoms with Crippen LogP contribution in [0.2, 0.25) is 0 Å². The number of para-hydroxylation sites is 1. The fourth-order valence-corrected chi connectivity index (χ4v) is 4.63. The quantitative estimate of drug-likeness (QED) is 0.818. The molecule has 1 aliphatic rings. The Morgan fingerprint density at radius 1 is 1.12 bits per heavy atom. The van der Waals surface area contributed by atoms with Gasteiger partial charge in [0.05, 0.1) is 15.8 Å². The molecule has 0 aliphatic carbocycles. The molecule has 25 heavy (non-hydrogen) atoms. The van der Waals surface area contributed by atoms with Crippen LogP contribution in [0.5, 0.6) is 0 Å². The zero-order chi connectivity index (χ0) is 18.0. The summed E-state index contributed by atoms with van der Waals surface area (Å²) in [6.07, 6.45) is 0.558. The van der Waals surface area contributed by atoms with Gasteiger partial charge in [-0.2, -0.15) is 8.42 Å². The second kappa shape index (κ2) is 6.97. The molecule has 5 nitrogen and oxygen atoms in total. The van der Waals surface area contributed by atoms with E-state index in [1.54, 1.807) is 30.3 Å². The molecule has 2 aromatic carbocycles. The van der Waals surface area contributed by atoms with Gasteiger partial charge < -0.3 is 0 Å². The molecule has 1 heterocycles. The van der Waals surface area contributed by atoms with Crippen LogP contribution in [-0.4, -0.2) is 24.7 Å². The van der Waals surface area contributed by atoms with E-state index in [9.17, 15) is 17.6 Å². The normalized spacial score (nSPS) is 19.6. The van der Waals surface area contributed by atoms with Crippen molar-refractivity contribution < 1.29 is 17.6 Å². The monoisotopic (exact) mass is 378 g/mol. The van der Waals surface area contributed by atoms with Crippen LogP contribution in [-0.2, 0) is 14.8 Å². The lowest BCUT2D eigenvalue weighted by atomic mass is 10.2. The number of rotatable bonds is 4. The molecule has 1 atom stereocenters. The second-order valence-electron chi connectivity index (χ2n) is 5.33. The Kier molecular flexibility index (Phi) is 4.91. The fourth-order valence-electron chi connectivity index (χ4n) is 2.37. The van der Waals surface area contributed by atoms with Gasteiger partial charge in [0, 0.05) is 0 Å². The van der Waals surface area contributed by atoms with Gasteiger partial charge in [0.2, 0.25) is 5.91 Å². The minimum Gasteiger partial charge on any atom is -0.273 e. The number of hydrogen-bond acceptors (Lipinski definition) is 4. The molecular formula is C17H15FN2O3S2. The lowest BCUT2D eigenvalue weighted by molar-refractivity contribution is -0.116. The molecule has 0 spiro atoms. The third-order valence-corrected chi connectivity index (χ3v) is 6.33. The van der Waals surface area contributed by atoms with Gasteiger partial charge in [0.1, 0.15) is 5.82 Å². The lowest BCUT2D eigenvalue weighted by Crippen LogP contribution is -2.32. The molecule has 0 aromatic heterocycles. The average Bonchev–Trinajstić information content (AvgIpc) is 2.90. The van der Waals surface area contributed by atoms with Crippen LogP contribution < -0.4 is 4.90 Å². The van der Waals surface area contributed by atoms with Gasteiger partial charge in [-0.25, -0.2) is 4.39 Å². The van der Waals surface area contributed by atoms with E-state index >= 15 is 0 Å². The van der Waals surface area contributed by atoms with Crippen molar-refractivity contribution in [1.29, 1.82) is 0 Å². The summed E-state index contributed by atoms with van der Waals surface area (Å²) in [5, 5.41) is -0.283. The van der Waals surface area contributed by atoms with Crippen molar-refractivity contribution in [1.82, 2.24) is 0 Å². The zero-order valence-electron chi connectivity index (χ0n) is 13.3. The van der Waals surface area contributed by atoms with Crippen LogP contribution in [0, 0.1) is 5.82 Å². The minimum absolute atomic E-state index is 0.104. The molecule has 0 N–H and O–H groups in total. The Bertz CT molecular complexity index is 913. The van der Waals surface area contributed by atoms with Crippen LogP contribution in [0.25, 0.3) is 0 Å². The number of halogens is 1. The fraction of sp³-hybridized carbons (Fsp3) is 0.176. The van der Waals surface area contributed by atoms with Crippen molar-refractivity contribution in [2.24, 2.45) is 4.40 Å². The smallest absolute Gasteiger partial charge is 0.273 e. The number of sulfonamides is 1. The number of hydrogen-bond donors (Lipinski definition) is 0. The van der Waals surface area contributed by atoms with Crippen LogP contribution in [0.3, 0.4) is 0 Å². The molecule has 1 aliphatic heterocycles. The number of amides is 1. The van der Waals surface area contributed by atoms with Crippen molar-refractivity contribution in [2.75, 3.05) is 4.90 Å². The maximum atomic E-state index is 13.0. The summed E-state index contributed by atoms with van der Waals surface area (Å²) in [5.41, 5.74) is 0.559. The number of carbonyl (C=O) groups is 1. The van der Waals surface area contributed by atoms with Crippen molar-refractivity contribution in [2.45, 2.75) is 23.5 Å². The Hall–Kier alpha value is -2.19. The van der Waals surface area contributed by atoms with Crippen molar-refractivity contribution in [3.05, 3.63) is 60.4 Å². The molecule has 8 heteroatoms.